The fourth-order valence-electron chi connectivity index (χ4n) is 4.66. The molecule has 1 N–H and O–H groups in total. The van der Waals surface area contributed by atoms with Gasteiger partial charge in [-0.15, -0.1) is 0 Å². The van der Waals surface area contributed by atoms with E-state index in [1.807, 2.05) is 0 Å². The maximum atomic E-state index is 13.5. The lowest BCUT2D eigenvalue weighted by Crippen LogP contribution is -2.45. The minimum atomic E-state index is -4.46. The van der Waals surface area contributed by atoms with Gasteiger partial charge in [0, 0.05) is 36.2 Å². The molecule has 0 saturated carbocycles. The lowest BCUT2D eigenvalue weighted by Gasteiger charge is -2.23. The number of hydrogen-bond acceptors (Lipinski definition) is 6. The molecule has 7 nitrogen and oxygen atoms in total. The summed E-state index contributed by atoms with van der Waals surface area (Å²) in [6.07, 6.45) is -4.06. The molecule has 1 aliphatic rings. The number of pyridine rings is 1. The molecule has 4 aromatic rings. The van der Waals surface area contributed by atoms with Crippen LogP contribution in [0.4, 0.5) is 17.6 Å². The Morgan fingerprint density at radius 2 is 1.82 bits per heavy atom. The van der Waals surface area contributed by atoms with Crippen LogP contribution in [-0.2, 0) is 27.4 Å². The van der Waals surface area contributed by atoms with Crippen LogP contribution in [0.2, 0.25) is 0 Å². The van der Waals surface area contributed by atoms with Crippen molar-refractivity contribution in [3.8, 4) is 11.3 Å². The molecular formula is C27H22F4N2O5S. The van der Waals surface area contributed by atoms with Gasteiger partial charge in [0.25, 0.3) is 10.0 Å². The highest BCUT2D eigenvalue weighted by Crippen LogP contribution is 2.33. The second kappa shape index (κ2) is 10.2. The number of sulfonamides is 1. The standard InChI is InChI=1S/C27H22F4N2O5S/c28-20-6-8-24-18(14-20)15-25(38-24)39(36,37)33-12-10-23(35)26(33)22(34)7-1-16-9-11-32-21(13-16)17-2-4-19(5-3-17)27(29,30)31/h2-6,8-9,11,13-15,23,26,35H,1,7,10,12H2/t23-,26+/m0/s1. The van der Waals surface area contributed by atoms with Crippen LogP contribution in [0.1, 0.15) is 24.0 Å². The molecule has 3 heterocycles. The molecule has 0 unspecified atom stereocenters. The Labute approximate surface area is 220 Å². The summed E-state index contributed by atoms with van der Waals surface area (Å²) >= 11 is 0. The van der Waals surface area contributed by atoms with E-state index in [0.29, 0.717) is 16.8 Å². The largest absolute Gasteiger partial charge is 0.443 e. The molecule has 0 radical (unpaired) electrons. The number of benzene rings is 2. The van der Waals surface area contributed by atoms with Crippen molar-refractivity contribution in [1.82, 2.24) is 9.29 Å². The Morgan fingerprint density at radius 1 is 1.08 bits per heavy atom. The number of aliphatic hydroxyl groups excluding tert-OH is 1. The number of halogens is 4. The number of aromatic nitrogens is 1. The zero-order valence-corrected chi connectivity index (χ0v) is 21.0. The number of carbonyl (C=O) groups is 1. The lowest BCUT2D eigenvalue weighted by atomic mass is 10.00. The number of hydrogen-bond donors (Lipinski definition) is 1. The molecule has 2 atom stereocenters. The third-order valence-corrected chi connectivity index (χ3v) is 8.40. The molecule has 1 fully saturated rings. The van der Waals surface area contributed by atoms with Crippen molar-refractivity contribution >= 4 is 26.8 Å². The quantitative estimate of drug-likeness (QED) is 0.319. The third kappa shape index (κ3) is 5.45. The van der Waals surface area contributed by atoms with Crippen LogP contribution in [0.3, 0.4) is 0 Å². The number of aryl methyl sites for hydroxylation is 1. The summed E-state index contributed by atoms with van der Waals surface area (Å²) in [6.45, 7) is -0.0986. The van der Waals surface area contributed by atoms with E-state index < -0.39 is 50.6 Å². The number of furan rings is 1. The Bertz CT molecular complexity index is 1630. The Morgan fingerprint density at radius 3 is 2.54 bits per heavy atom. The molecule has 39 heavy (non-hydrogen) atoms. The molecule has 5 rings (SSSR count). The monoisotopic (exact) mass is 562 g/mol. The molecular weight excluding hydrogens is 540 g/mol. The van der Waals surface area contributed by atoms with Gasteiger partial charge in [0.1, 0.15) is 17.4 Å². The summed E-state index contributed by atoms with van der Waals surface area (Å²) < 4.78 is 85.0. The number of Topliss-reactive ketones (excluding diaryl/α,β-unsaturated/α-hetero) is 1. The van der Waals surface area contributed by atoms with Crippen molar-refractivity contribution in [3.63, 3.8) is 0 Å². The summed E-state index contributed by atoms with van der Waals surface area (Å²) in [6, 6.07) is 11.3. The molecule has 0 bridgehead atoms. The highest BCUT2D eigenvalue weighted by molar-refractivity contribution is 7.89. The smallest absolute Gasteiger partial charge is 0.416 e. The van der Waals surface area contributed by atoms with Crippen molar-refractivity contribution < 1.29 is 40.3 Å². The van der Waals surface area contributed by atoms with E-state index in [9.17, 15) is 35.9 Å². The fraction of sp³-hybridized carbons (Fsp3) is 0.259. The average molecular weight is 563 g/mol. The number of fused-ring (bicyclic) bond motifs is 1. The fourth-order valence-corrected chi connectivity index (χ4v) is 6.26. The number of aliphatic hydroxyl groups is 1. The topological polar surface area (TPSA) is 101 Å². The van der Waals surface area contributed by atoms with Gasteiger partial charge in [0.05, 0.1) is 17.4 Å². The predicted molar refractivity (Wildman–Crippen MR) is 132 cm³/mol. The lowest BCUT2D eigenvalue weighted by molar-refractivity contribution is -0.137. The summed E-state index contributed by atoms with van der Waals surface area (Å²) in [5.41, 5.74) is 0.927. The van der Waals surface area contributed by atoms with E-state index in [1.165, 1.54) is 30.5 Å². The van der Waals surface area contributed by atoms with Gasteiger partial charge >= 0.3 is 6.18 Å². The Balaban J connectivity index is 1.31. The maximum absolute atomic E-state index is 13.5. The predicted octanol–water partition coefficient (Wildman–Crippen LogP) is 4.98. The van der Waals surface area contributed by atoms with Crippen LogP contribution >= 0.6 is 0 Å². The van der Waals surface area contributed by atoms with Crippen LogP contribution in [0, 0.1) is 5.82 Å². The van der Waals surface area contributed by atoms with E-state index in [0.717, 1.165) is 28.6 Å². The molecule has 204 valence electrons. The molecule has 2 aromatic carbocycles. The van der Waals surface area contributed by atoms with Crippen LogP contribution < -0.4 is 0 Å². The number of ketones is 1. The summed E-state index contributed by atoms with van der Waals surface area (Å²) in [7, 11) is -4.31. The Hall–Kier alpha value is -3.61. The van der Waals surface area contributed by atoms with E-state index in [4.69, 9.17) is 4.42 Å². The van der Waals surface area contributed by atoms with E-state index in [1.54, 1.807) is 12.1 Å². The van der Waals surface area contributed by atoms with Crippen molar-refractivity contribution in [3.05, 3.63) is 83.8 Å². The summed E-state index contributed by atoms with van der Waals surface area (Å²) in [5.74, 6) is -1.06. The van der Waals surface area contributed by atoms with Crippen LogP contribution in [0.5, 0.6) is 0 Å². The van der Waals surface area contributed by atoms with E-state index in [2.05, 4.69) is 4.98 Å². The number of alkyl halides is 3. The number of carbonyl (C=O) groups excluding carboxylic acids is 1. The van der Waals surface area contributed by atoms with Gasteiger partial charge in [-0.2, -0.15) is 17.5 Å². The van der Waals surface area contributed by atoms with Gasteiger partial charge in [-0.1, -0.05) is 12.1 Å². The van der Waals surface area contributed by atoms with Crippen LogP contribution in [0.25, 0.3) is 22.2 Å². The zero-order chi connectivity index (χ0) is 27.9. The second-order valence-corrected chi connectivity index (χ2v) is 11.1. The molecule has 0 amide bonds. The normalized spacial score (nSPS) is 18.6. The molecule has 1 aliphatic heterocycles. The first-order valence-electron chi connectivity index (χ1n) is 12.0. The minimum Gasteiger partial charge on any atom is -0.443 e. The summed E-state index contributed by atoms with van der Waals surface area (Å²) in [5, 5.41) is 10.3. The van der Waals surface area contributed by atoms with Crippen LogP contribution in [-0.4, -0.2) is 47.3 Å². The van der Waals surface area contributed by atoms with Gasteiger partial charge in [-0.3, -0.25) is 9.78 Å². The number of nitrogens with zero attached hydrogens (tertiary/aromatic N) is 2. The first-order chi connectivity index (χ1) is 18.4. The van der Waals surface area contributed by atoms with Crippen LogP contribution in [0.15, 0.2) is 76.4 Å². The minimum absolute atomic E-state index is 0.0534. The number of rotatable bonds is 7. The van der Waals surface area contributed by atoms with Gasteiger partial charge in [-0.05, 0) is 60.9 Å². The highest BCUT2D eigenvalue weighted by atomic mass is 32.2. The molecule has 12 heteroatoms. The average Bonchev–Trinajstić information content (AvgIpc) is 3.51. The maximum Gasteiger partial charge on any atom is 0.416 e. The Kier molecular flexibility index (Phi) is 7.04. The molecule has 0 spiro atoms. The van der Waals surface area contributed by atoms with Gasteiger partial charge < -0.3 is 9.52 Å². The third-order valence-electron chi connectivity index (χ3n) is 6.66. The van der Waals surface area contributed by atoms with Gasteiger partial charge in [0.15, 0.2) is 5.78 Å². The zero-order valence-electron chi connectivity index (χ0n) is 20.2. The van der Waals surface area contributed by atoms with Crippen molar-refractivity contribution in [1.29, 1.82) is 0 Å². The van der Waals surface area contributed by atoms with Gasteiger partial charge in [-0.25, -0.2) is 12.8 Å². The first-order valence-corrected chi connectivity index (χ1v) is 13.4. The molecule has 1 saturated heterocycles. The van der Waals surface area contributed by atoms with Crippen molar-refractivity contribution in [2.24, 2.45) is 0 Å². The second-order valence-electron chi connectivity index (χ2n) is 9.25. The SMILES string of the molecule is O=C(CCc1ccnc(-c2ccc(C(F)(F)F)cc2)c1)[C@@H]1[C@@H](O)CCN1S(=O)(=O)c1cc2cc(F)ccc2o1. The van der Waals surface area contributed by atoms with E-state index in [-0.39, 0.29) is 36.8 Å². The van der Waals surface area contributed by atoms with E-state index >= 15 is 0 Å². The van der Waals surface area contributed by atoms with Gasteiger partial charge in [0.2, 0.25) is 5.09 Å². The molecule has 2 aromatic heterocycles. The first kappa shape index (κ1) is 27.0. The van der Waals surface area contributed by atoms with Crippen molar-refractivity contribution in [2.75, 3.05) is 6.54 Å². The summed E-state index contributed by atoms with van der Waals surface area (Å²) in [4.78, 5) is 17.3. The molecule has 0 aliphatic carbocycles. The van der Waals surface area contributed by atoms with Crippen molar-refractivity contribution in [2.45, 2.75) is 42.7 Å². The highest BCUT2D eigenvalue weighted by Gasteiger charge is 2.45.